The van der Waals surface area contributed by atoms with Crippen molar-refractivity contribution in [2.24, 2.45) is 0 Å². The highest BCUT2D eigenvalue weighted by Crippen LogP contribution is 2.35. The Morgan fingerprint density at radius 3 is 2.55 bits per heavy atom. The van der Waals surface area contributed by atoms with E-state index in [1.54, 1.807) is 32.4 Å². The highest BCUT2D eigenvalue weighted by Gasteiger charge is 2.35. The van der Waals surface area contributed by atoms with Gasteiger partial charge in [-0.05, 0) is 53.6 Å². The monoisotopic (exact) mass is 413 g/mol. The van der Waals surface area contributed by atoms with Crippen LogP contribution in [0.3, 0.4) is 0 Å². The molecule has 6 nitrogen and oxygen atoms in total. The molecule has 0 atom stereocenters. The number of hydrogen-bond acceptors (Lipinski definition) is 6. The molecule has 0 aromatic heterocycles. The number of thioether (sulfide) groups is 1. The molecule has 3 rings (SSSR count). The van der Waals surface area contributed by atoms with Gasteiger partial charge in [0.1, 0.15) is 6.61 Å². The Balaban J connectivity index is 1.77. The first-order valence-corrected chi connectivity index (χ1v) is 9.94. The van der Waals surface area contributed by atoms with E-state index in [1.807, 2.05) is 37.3 Å². The summed E-state index contributed by atoms with van der Waals surface area (Å²) in [5, 5.41) is -0.268. The normalized spacial score (nSPS) is 15.3. The van der Waals surface area contributed by atoms with E-state index in [0.717, 1.165) is 28.5 Å². The summed E-state index contributed by atoms with van der Waals surface area (Å²) in [6.45, 7) is 3.11. The van der Waals surface area contributed by atoms with Crippen molar-refractivity contribution < 1.29 is 23.8 Å². The van der Waals surface area contributed by atoms with E-state index in [2.05, 4.69) is 0 Å². The first-order valence-electron chi connectivity index (χ1n) is 9.13. The molecule has 1 saturated heterocycles. The molecule has 0 aliphatic carbocycles. The smallest absolute Gasteiger partial charge is 0.293 e. The number of carbonyl (C=O) groups excluding carboxylic acids is 2. The molecule has 2 amide bonds. The highest BCUT2D eigenvalue weighted by atomic mass is 32.2. The summed E-state index contributed by atoms with van der Waals surface area (Å²) in [6.07, 6.45) is 1.70. The Kier molecular flexibility index (Phi) is 6.95. The first kappa shape index (κ1) is 21.0. The van der Waals surface area contributed by atoms with Gasteiger partial charge in [-0.2, -0.15) is 0 Å². The second-order valence-corrected chi connectivity index (χ2v) is 7.44. The fraction of sp³-hybridized carbons (Fsp3) is 0.273. The molecule has 7 heteroatoms. The summed E-state index contributed by atoms with van der Waals surface area (Å²) >= 11 is 0.946. The summed E-state index contributed by atoms with van der Waals surface area (Å²) < 4.78 is 16.0. The third kappa shape index (κ3) is 4.99. The van der Waals surface area contributed by atoms with Crippen LogP contribution in [0.1, 0.15) is 16.7 Å². The predicted molar refractivity (Wildman–Crippen MR) is 113 cm³/mol. The van der Waals surface area contributed by atoms with Gasteiger partial charge in [-0.25, -0.2) is 0 Å². The maximum atomic E-state index is 12.8. The zero-order chi connectivity index (χ0) is 20.8. The maximum Gasteiger partial charge on any atom is 0.293 e. The standard InChI is InChI=1S/C22H23NO5S/c1-15-6-4-5-7-17(15)14-23-21(24)20(29-22(23)25)13-16-8-9-18(19(12-16)27-3)28-11-10-26-2/h4-9,12-13H,10-11,14H2,1-3H3/b20-13-. The van der Waals surface area contributed by atoms with Crippen molar-refractivity contribution >= 4 is 29.0 Å². The van der Waals surface area contributed by atoms with Gasteiger partial charge in [-0.15, -0.1) is 0 Å². The molecule has 0 bridgehead atoms. The van der Waals surface area contributed by atoms with Crippen LogP contribution < -0.4 is 9.47 Å². The maximum absolute atomic E-state index is 12.8. The zero-order valence-corrected chi connectivity index (χ0v) is 17.5. The first-order chi connectivity index (χ1) is 14.0. The van der Waals surface area contributed by atoms with Gasteiger partial charge in [0.15, 0.2) is 11.5 Å². The topological polar surface area (TPSA) is 65.1 Å². The van der Waals surface area contributed by atoms with E-state index in [9.17, 15) is 9.59 Å². The van der Waals surface area contributed by atoms with Crippen molar-refractivity contribution in [2.75, 3.05) is 27.4 Å². The van der Waals surface area contributed by atoms with E-state index in [0.29, 0.717) is 29.6 Å². The van der Waals surface area contributed by atoms with Gasteiger partial charge in [0, 0.05) is 7.11 Å². The van der Waals surface area contributed by atoms with Crippen LogP contribution in [0.4, 0.5) is 4.79 Å². The molecule has 0 spiro atoms. The minimum Gasteiger partial charge on any atom is -0.493 e. The number of aryl methyl sites for hydroxylation is 1. The zero-order valence-electron chi connectivity index (χ0n) is 16.6. The lowest BCUT2D eigenvalue weighted by atomic mass is 10.1. The Morgan fingerprint density at radius 2 is 1.83 bits per heavy atom. The minimum atomic E-state index is -0.289. The number of carbonyl (C=O) groups is 2. The molecule has 1 heterocycles. The van der Waals surface area contributed by atoms with Crippen LogP contribution in [0.25, 0.3) is 6.08 Å². The van der Waals surface area contributed by atoms with Crippen molar-refractivity contribution in [1.82, 2.24) is 4.90 Å². The number of hydrogen-bond donors (Lipinski definition) is 0. The third-order valence-electron chi connectivity index (χ3n) is 4.49. The van der Waals surface area contributed by atoms with E-state index in [4.69, 9.17) is 14.2 Å². The predicted octanol–water partition coefficient (Wildman–Crippen LogP) is 4.27. The molecule has 2 aromatic rings. The molecule has 0 unspecified atom stereocenters. The molecule has 1 aliphatic heterocycles. The van der Waals surface area contributed by atoms with E-state index in [-0.39, 0.29) is 17.7 Å². The summed E-state index contributed by atoms with van der Waals surface area (Å²) in [4.78, 5) is 26.8. The second kappa shape index (κ2) is 9.62. The lowest BCUT2D eigenvalue weighted by Gasteiger charge is -2.14. The van der Waals surface area contributed by atoms with Crippen LogP contribution in [-0.4, -0.2) is 43.5 Å². The van der Waals surface area contributed by atoms with E-state index in [1.165, 1.54) is 4.90 Å². The fourth-order valence-electron chi connectivity index (χ4n) is 2.87. The van der Waals surface area contributed by atoms with Crippen molar-refractivity contribution in [3.05, 3.63) is 64.1 Å². The minimum absolute atomic E-state index is 0.268. The van der Waals surface area contributed by atoms with E-state index >= 15 is 0 Å². The molecule has 29 heavy (non-hydrogen) atoms. The number of nitrogens with zero attached hydrogens (tertiary/aromatic N) is 1. The molecule has 1 aliphatic rings. The van der Waals surface area contributed by atoms with Gasteiger partial charge in [0.2, 0.25) is 0 Å². The van der Waals surface area contributed by atoms with Crippen LogP contribution in [0, 0.1) is 6.92 Å². The van der Waals surface area contributed by atoms with Crippen molar-refractivity contribution in [1.29, 1.82) is 0 Å². The fourth-order valence-corrected chi connectivity index (χ4v) is 3.71. The van der Waals surface area contributed by atoms with Crippen molar-refractivity contribution in [2.45, 2.75) is 13.5 Å². The van der Waals surface area contributed by atoms with Gasteiger partial charge < -0.3 is 14.2 Å². The van der Waals surface area contributed by atoms with Crippen LogP contribution >= 0.6 is 11.8 Å². The average Bonchev–Trinajstić information content (AvgIpc) is 2.98. The Labute approximate surface area is 174 Å². The second-order valence-electron chi connectivity index (χ2n) is 6.45. The van der Waals surface area contributed by atoms with Gasteiger partial charge in [-0.1, -0.05) is 30.3 Å². The molecule has 152 valence electrons. The third-order valence-corrected chi connectivity index (χ3v) is 5.40. The number of imide groups is 1. The van der Waals surface area contributed by atoms with Gasteiger partial charge in [-0.3, -0.25) is 14.5 Å². The molecule has 0 radical (unpaired) electrons. The summed E-state index contributed by atoms with van der Waals surface area (Å²) in [6, 6.07) is 13.1. The Morgan fingerprint density at radius 1 is 1.03 bits per heavy atom. The summed E-state index contributed by atoms with van der Waals surface area (Å²) in [7, 11) is 3.16. The molecule has 0 N–H and O–H groups in total. The van der Waals surface area contributed by atoms with Crippen molar-refractivity contribution in [3.8, 4) is 11.5 Å². The largest absolute Gasteiger partial charge is 0.493 e. The number of benzene rings is 2. The van der Waals surface area contributed by atoms with Crippen LogP contribution in [0.2, 0.25) is 0 Å². The van der Waals surface area contributed by atoms with Gasteiger partial charge >= 0.3 is 0 Å². The molecular formula is C22H23NO5S. The van der Waals surface area contributed by atoms with Crippen LogP contribution in [0.15, 0.2) is 47.4 Å². The lowest BCUT2D eigenvalue weighted by molar-refractivity contribution is -0.123. The molecular weight excluding hydrogens is 390 g/mol. The Hall–Kier alpha value is -2.77. The molecule has 1 fully saturated rings. The number of ether oxygens (including phenoxy) is 3. The van der Waals surface area contributed by atoms with Crippen LogP contribution in [-0.2, 0) is 16.1 Å². The Bertz CT molecular complexity index is 941. The summed E-state index contributed by atoms with van der Waals surface area (Å²) in [5.41, 5.74) is 2.75. The van der Waals surface area contributed by atoms with Gasteiger partial charge in [0.05, 0.1) is 25.2 Å². The van der Waals surface area contributed by atoms with Crippen molar-refractivity contribution in [3.63, 3.8) is 0 Å². The number of rotatable bonds is 8. The highest BCUT2D eigenvalue weighted by molar-refractivity contribution is 8.18. The average molecular weight is 413 g/mol. The lowest BCUT2D eigenvalue weighted by Crippen LogP contribution is -2.27. The number of amides is 2. The summed E-state index contributed by atoms with van der Waals surface area (Å²) in [5.74, 6) is 0.853. The molecule has 2 aromatic carbocycles. The van der Waals surface area contributed by atoms with E-state index < -0.39 is 0 Å². The number of methoxy groups -OCH3 is 2. The molecule has 0 saturated carbocycles. The quantitative estimate of drug-likeness (QED) is 0.476. The SMILES string of the molecule is COCCOc1ccc(/C=C2\SC(=O)N(Cc3ccccc3C)C2=O)cc1OC. The van der Waals surface area contributed by atoms with Crippen LogP contribution in [0.5, 0.6) is 11.5 Å². The van der Waals surface area contributed by atoms with Gasteiger partial charge in [0.25, 0.3) is 11.1 Å².